The van der Waals surface area contributed by atoms with Crippen molar-refractivity contribution in [1.82, 2.24) is 4.98 Å². The zero-order valence-electron chi connectivity index (χ0n) is 5.74. The minimum atomic E-state index is -1.22. The standard InChI is InChI=1S/C7H7ClNO2/c8-6(10)5-11-7-3-1-2-4-9-7/h1-4,6H,5H2. The molecule has 0 saturated carbocycles. The molecule has 59 valence electrons. The molecule has 11 heavy (non-hydrogen) atoms. The lowest BCUT2D eigenvalue weighted by atomic mass is 10.5. The van der Waals surface area contributed by atoms with Crippen molar-refractivity contribution in [2.45, 2.75) is 5.56 Å². The summed E-state index contributed by atoms with van der Waals surface area (Å²) in [7, 11) is 0. The summed E-state index contributed by atoms with van der Waals surface area (Å²) in [6.07, 6.45) is 1.59. The SMILES string of the molecule is [O]C(Cl)COc1ccccn1. The van der Waals surface area contributed by atoms with E-state index in [-0.39, 0.29) is 6.61 Å². The van der Waals surface area contributed by atoms with Crippen LogP contribution in [-0.2, 0) is 5.11 Å². The number of nitrogens with zero attached hydrogens (tertiary/aromatic N) is 1. The monoisotopic (exact) mass is 172 g/mol. The maximum Gasteiger partial charge on any atom is 0.213 e. The minimum Gasteiger partial charge on any atom is -0.473 e. The Kier molecular flexibility index (Phi) is 3.14. The average Bonchev–Trinajstić information content (AvgIpc) is 2.03. The predicted molar refractivity (Wildman–Crippen MR) is 40.1 cm³/mol. The van der Waals surface area contributed by atoms with Crippen molar-refractivity contribution in [3.63, 3.8) is 0 Å². The molecular formula is C7H7ClNO2. The number of halogens is 1. The fourth-order valence-corrected chi connectivity index (χ4v) is 0.646. The Morgan fingerprint density at radius 3 is 3.00 bits per heavy atom. The number of rotatable bonds is 3. The van der Waals surface area contributed by atoms with Crippen molar-refractivity contribution >= 4 is 11.6 Å². The Balaban J connectivity index is 2.39. The molecule has 1 atom stereocenters. The van der Waals surface area contributed by atoms with Gasteiger partial charge in [0.1, 0.15) is 6.61 Å². The molecule has 0 N–H and O–H groups in total. The van der Waals surface area contributed by atoms with E-state index >= 15 is 0 Å². The van der Waals surface area contributed by atoms with Gasteiger partial charge in [0, 0.05) is 12.3 Å². The van der Waals surface area contributed by atoms with Gasteiger partial charge in [-0.2, -0.15) is 0 Å². The highest BCUT2D eigenvalue weighted by Gasteiger charge is 2.00. The molecule has 4 heteroatoms. The van der Waals surface area contributed by atoms with Gasteiger partial charge in [0.2, 0.25) is 5.88 Å². The van der Waals surface area contributed by atoms with E-state index in [4.69, 9.17) is 16.3 Å². The average molecular weight is 173 g/mol. The molecule has 0 aliphatic carbocycles. The molecule has 1 radical (unpaired) electrons. The van der Waals surface area contributed by atoms with Crippen molar-refractivity contribution in [2.75, 3.05) is 6.61 Å². The van der Waals surface area contributed by atoms with Gasteiger partial charge >= 0.3 is 0 Å². The number of aromatic nitrogens is 1. The Morgan fingerprint density at radius 2 is 2.45 bits per heavy atom. The molecule has 0 aliphatic rings. The highest BCUT2D eigenvalue weighted by Crippen LogP contribution is 2.04. The van der Waals surface area contributed by atoms with Gasteiger partial charge in [-0.3, -0.25) is 0 Å². The molecule has 0 aromatic carbocycles. The Labute approximate surface area is 69.6 Å². The number of ether oxygens (including phenoxy) is 1. The predicted octanol–water partition coefficient (Wildman–Crippen LogP) is 1.46. The largest absolute Gasteiger partial charge is 0.473 e. The number of hydrogen-bond donors (Lipinski definition) is 0. The first-order valence-electron chi connectivity index (χ1n) is 3.13. The van der Waals surface area contributed by atoms with E-state index in [1.807, 2.05) is 0 Å². The Hall–Kier alpha value is -0.800. The van der Waals surface area contributed by atoms with Crippen LogP contribution in [0.4, 0.5) is 0 Å². The highest BCUT2D eigenvalue weighted by atomic mass is 35.5. The molecule has 0 bridgehead atoms. The summed E-state index contributed by atoms with van der Waals surface area (Å²) >= 11 is 5.12. The second kappa shape index (κ2) is 4.16. The second-order valence-corrected chi connectivity index (χ2v) is 2.38. The van der Waals surface area contributed by atoms with Gasteiger partial charge in [-0.05, 0) is 6.07 Å². The van der Waals surface area contributed by atoms with E-state index in [0.717, 1.165) is 0 Å². The van der Waals surface area contributed by atoms with Crippen molar-refractivity contribution in [3.05, 3.63) is 24.4 Å². The smallest absolute Gasteiger partial charge is 0.213 e. The summed E-state index contributed by atoms with van der Waals surface area (Å²) in [4.78, 5) is 3.83. The first-order chi connectivity index (χ1) is 5.29. The second-order valence-electron chi connectivity index (χ2n) is 1.89. The molecule has 1 heterocycles. The van der Waals surface area contributed by atoms with Gasteiger partial charge in [-0.1, -0.05) is 17.7 Å². The van der Waals surface area contributed by atoms with E-state index in [1.54, 1.807) is 24.4 Å². The molecule has 0 spiro atoms. The van der Waals surface area contributed by atoms with Gasteiger partial charge < -0.3 is 4.74 Å². The quantitative estimate of drug-likeness (QED) is 0.648. The van der Waals surface area contributed by atoms with Crippen LogP contribution in [-0.4, -0.2) is 17.2 Å². The third kappa shape index (κ3) is 3.20. The summed E-state index contributed by atoms with van der Waals surface area (Å²) in [5.41, 5.74) is -1.22. The van der Waals surface area contributed by atoms with Crippen LogP contribution < -0.4 is 4.74 Å². The molecular weight excluding hydrogens is 166 g/mol. The molecule has 0 aliphatic heterocycles. The van der Waals surface area contributed by atoms with Crippen LogP contribution in [0, 0.1) is 0 Å². The van der Waals surface area contributed by atoms with Crippen molar-refractivity contribution in [3.8, 4) is 5.88 Å². The summed E-state index contributed by atoms with van der Waals surface area (Å²) in [5, 5.41) is 10.3. The first-order valence-corrected chi connectivity index (χ1v) is 3.56. The lowest BCUT2D eigenvalue weighted by Crippen LogP contribution is -2.09. The maximum absolute atomic E-state index is 10.3. The first kappa shape index (κ1) is 8.30. The van der Waals surface area contributed by atoms with Gasteiger partial charge in [0.25, 0.3) is 0 Å². The van der Waals surface area contributed by atoms with E-state index in [2.05, 4.69) is 4.98 Å². The van der Waals surface area contributed by atoms with Crippen molar-refractivity contribution in [1.29, 1.82) is 0 Å². The summed E-state index contributed by atoms with van der Waals surface area (Å²) < 4.78 is 4.91. The lowest BCUT2D eigenvalue weighted by molar-refractivity contribution is 0.102. The molecule has 1 rings (SSSR count). The summed E-state index contributed by atoms with van der Waals surface area (Å²) in [5.74, 6) is 0.425. The van der Waals surface area contributed by atoms with Gasteiger partial charge in [-0.15, -0.1) is 0 Å². The maximum atomic E-state index is 10.3. The van der Waals surface area contributed by atoms with Gasteiger partial charge in [0.05, 0.1) is 0 Å². The van der Waals surface area contributed by atoms with Crippen molar-refractivity contribution < 1.29 is 9.84 Å². The van der Waals surface area contributed by atoms with Crippen LogP contribution in [0.2, 0.25) is 0 Å². The molecule has 1 aromatic rings. The highest BCUT2D eigenvalue weighted by molar-refractivity contribution is 6.19. The van der Waals surface area contributed by atoms with Crippen LogP contribution in [0.1, 0.15) is 0 Å². The molecule has 0 fully saturated rings. The zero-order chi connectivity index (χ0) is 8.10. The van der Waals surface area contributed by atoms with Crippen LogP contribution in [0.15, 0.2) is 24.4 Å². The van der Waals surface area contributed by atoms with E-state index < -0.39 is 5.56 Å². The van der Waals surface area contributed by atoms with Crippen LogP contribution >= 0.6 is 11.6 Å². The molecule has 3 nitrogen and oxygen atoms in total. The third-order valence-electron chi connectivity index (χ3n) is 1.00. The fraction of sp³-hybridized carbons (Fsp3) is 0.286. The number of pyridine rings is 1. The van der Waals surface area contributed by atoms with E-state index in [9.17, 15) is 5.11 Å². The van der Waals surface area contributed by atoms with E-state index in [0.29, 0.717) is 5.88 Å². The van der Waals surface area contributed by atoms with Crippen LogP contribution in [0.3, 0.4) is 0 Å². The lowest BCUT2D eigenvalue weighted by Gasteiger charge is -2.02. The van der Waals surface area contributed by atoms with Crippen LogP contribution in [0.25, 0.3) is 0 Å². The van der Waals surface area contributed by atoms with Crippen LogP contribution in [0.5, 0.6) is 5.88 Å². The summed E-state index contributed by atoms with van der Waals surface area (Å²) in [6, 6.07) is 5.21. The number of alkyl halides is 1. The molecule has 0 amide bonds. The minimum absolute atomic E-state index is 0.0570. The normalized spacial score (nSPS) is 12.5. The van der Waals surface area contributed by atoms with Gasteiger partial charge in [-0.25, -0.2) is 10.1 Å². The number of hydrogen-bond acceptors (Lipinski definition) is 2. The Bertz CT molecular complexity index is 203. The molecule has 1 aromatic heterocycles. The van der Waals surface area contributed by atoms with E-state index in [1.165, 1.54) is 0 Å². The summed E-state index contributed by atoms with van der Waals surface area (Å²) in [6.45, 7) is -0.0570. The fourth-order valence-electron chi connectivity index (χ4n) is 0.583. The molecule has 1 unspecified atom stereocenters. The van der Waals surface area contributed by atoms with Crippen molar-refractivity contribution in [2.24, 2.45) is 0 Å². The Morgan fingerprint density at radius 1 is 1.64 bits per heavy atom. The van der Waals surface area contributed by atoms with Gasteiger partial charge in [0.15, 0.2) is 5.56 Å². The zero-order valence-corrected chi connectivity index (χ0v) is 6.49. The topological polar surface area (TPSA) is 42.0 Å². The third-order valence-corrected chi connectivity index (χ3v) is 1.13. The molecule has 0 saturated heterocycles.